The summed E-state index contributed by atoms with van der Waals surface area (Å²) < 4.78 is 5.70. The maximum atomic E-state index is 12.2. The van der Waals surface area contributed by atoms with Gasteiger partial charge >= 0.3 is 0 Å². The monoisotopic (exact) mass is 277 g/mol. The summed E-state index contributed by atoms with van der Waals surface area (Å²) in [5.74, 6) is 0.0771. The molecule has 1 saturated heterocycles. The van der Waals surface area contributed by atoms with Crippen LogP contribution in [0.5, 0.6) is 0 Å². The molecule has 1 aromatic rings. The summed E-state index contributed by atoms with van der Waals surface area (Å²) in [5.41, 5.74) is 3.23. The Bertz CT molecular complexity index is 477. The highest BCUT2D eigenvalue weighted by molar-refractivity contribution is 5.92. The molecule has 1 aliphatic rings. The zero-order valence-corrected chi connectivity index (χ0v) is 12.8. The number of carbonyl (C=O) groups excluding carboxylic acids is 1. The topological polar surface area (TPSA) is 42.8 Å². The van der Waals surface area contributed by atoms with Gasteiger partial charge in [-0.15, -0.1) is 0 Å². The molecule has 1 aliphatic heterocycles. The van der Waals surface area contributed by atoms with Crippen molar-refractivity contribution in [3.05, 3.63) is 29.3 Å². The number of hydrogen-bond donors (Lipinski definition) is 2. The fourth-order valence-corrected chi connectivity index (χ4v) is 2.91. The molecular formula is C16H25N2O2+. The second-order valence-corrected chi connectivity index (χ2v) is 5.96. The molecule has 4 nitrogen and oxygen atoms in total. The van der Waals surface area contributed by atoms with Gasteiger partial charge in [0.05, 0.1) is 0 Å². The number of morpholine rings is 1. The SMILES string of the molecule is Cc1ccc(NC(=O)C[NH+]2C[C@H](C)O[C@@H](C)C2)c(C)c1. The van der Waals surface area contributed by atoms with Crippen LogP contribution in [0.1, 0.15) is 25.0 Å². The molecule has 0 saturated carbocycles. The number of hydrogen-bond acceptors (Lipinski definition) is 2. The standard InChI is InChI=1S/C16H24N2O2/c1-11-5-6-15(12(2)7-11)17-16(19)10-18-8-13(3)20-14(4)9-18/h5-7,13-14H,8-10H2,1-4H3,(H,17,19)/p+1/t13-,14-/m0/s1. The summed E-state index contributed by atoms with van der Waals surface area (Å²) in [5, 5.41) is 3.01. The Morgan fingerprint density at radius 3 is 2.55 bits per heavy atom. The Morgan fingerprint density at radius 2 is 1.95 bits per heavy atom. The lowest BCUT2D eigenvalue weighted by atomic mass is 10.1. The average molecular weight is 277 g/mol. The predicted octanol–water partition coefficient (Wildman–Crippen LogP) is 0.934. The molecular weight excluding hydrogens is 252 g/mol. The van der Waals surface area contributed by atoms with E-state index in [9.17, 15) is 4.79 Å². The third-order valence-electron chi connectivity index (χ3n) is 3.68. The third-order valence-corrected chi connectivity index (χ3v) is 3.68. The predicted molar refractivity (Wildman–Crippen MR) is 80.1 cm³/mol. The Balaban J connectivity index is 1.92. The van der Waals surface area contributed by atoms with Gasteiger partial charge in [-0.1, -0.05) is 17.7 Å². The maximum Gasteiger partial charge on any atom is 0.279 e. The van der Waals surface area contributed by atoms with Crippen molar-refractivity contribution in [3.63, 3.8) is 0 Å². The Labute approximate surface area is 121 Å². The smallest absolute Gasteiger partial charge is 0.279 e. The van der Waals surface area contributed by atoms with E-state index in [-0.39, 0.29) is 18.1 Å². The van der Waals surface area contributed by atoms with Gasteiger partial charge in [0.25, 0.3) is 5.91 Å². The third kappa shape index (κ3) is 4.05. The van der Waals surface area contributed by atoms with Crippen LogP contribution in [-0.4, -0.2) is 37.7 Å². The van der Waals surface area contributed by atoms with Gasteiger partial charge in [-0.05, 0) is 39.3 Å². The summed E-state index contributed by atoms with van der Waals surface area (Å²) >= 11 is 0. The first-order valence-corrected chi connectivity index (χ1v) is 7.30. The van der Waals surface area contributed by atoms with Gasteiger partial charge in [-0.3, -0.25) is 4.79 Å². The van der Waals surface area contributed by atoms with Crippen LogP contribution in [0.3, 0.4) is 0 Å². The summed E-state index contributed by atoms with van der Waals surface area (Å²) in [6, 6.07) is 6.08. The molecule has 2 rings (SSSR count). The zero-order valence-electron chi connectivity index (χ0n) is 12.8. The minimum Gasteiger partial charge on any atom is -0.364 e. The first kappa shape index (κ1) is 15.0. The normalized spacial score (nSPS) is 26.3. The molecule has 4 heteroatoms. The molecule has 1 fully saturated rings. The lowest BCUT2D eigenvalue weighted by Crippen LogP contribution is -3.16. The van der Waals surface area contributed by atoms with E-state index >= 15 is 0 Å². The quantitative estimate of drug-likeness (QED) is 0.863. The van der Waals surface area contributed by atoms with Crippen molar-refractivity contribution >= 4 is 11.6 Å². The van der Waals surface area contributed by atoms with Crippen LogP contribution in [0.4, 0.5) is 5.69 Å². The molecule has 2 atom stereocenters. The van der Waals surface area contributed by atoms with Crippen molar-refractivity contribution in [1.82, 2.24) is 0 Å². The number of carbonyl (C=O) groups is 1. The molecule has 1 amide bonds. The molecule has 0 bridgehead atoms. The molecule has 2 N–H and O–H groups in total. The molecule has 0 aromatic heterocycles. The van der Waals surface area contributed by atoms with Gasteiger partial charge < -0.3 is 15.0 Å². The number of quaternary nitrogens is 1. The van der Waals surface area contributed by atoms with E-state index in [1.807, 2.05) is 19.1 Å². The van der Waals surface area contributed by atoms with Gasteiger partial charge in [-0.2, -0.15) is 0 Å². The molecule has 0 radical (unpaired) electrons. The number of benzene rings is 1. The van der Waals surface area contributed by atoms with Crippen molar-refractivity contribution in [2.24, 2.45) is 0 Å². The minimum atomic E-state index is 0.0771. The molecule has 0 spiro atoms. The van der Waals surface area contributed by atoms with Gasteiger partial charge in [-0.25, -0.2) is 0 Å². The van der Waals surface area contributed by atoms with E-state index in [2.05, 4.69) is 32.2 Å². The highest BCUT2D eigenvalue weighted by Crippen LogP contribution is 2.15. The van der Waals surface area contributed by atoms with Crippen molar-refractivity contribution < 1.29 is 14.4 Å². The Morgan fingerprint density at radius 1 is 1.30 bits per heavy atom. The number of anilines is 1. The van der Waals surface area contributed by atoms with Gasteiger partial charge in [0, 0.05) is 5.69 Å². The van der Waals surface area contributed by atoms with Gasteiger partial charge in [0.1, 0.15) is 25.3 Å². The van der Waals surface area contributed by atoms with Crippen LogP contribution < -0.4 is 10.2 Å². The number of rotatable bonds is 3. The summed E-state index contributed by atoms with van der Waals surface area (Å²) in [6.07, 6.45) is 0.449. The lowest BCUT2D eigenvalue weighted by molar-refractivity contribution is -0.907. The van der Waals surface area contributed by atoms with Crippen molar-refractivity contribution in [1.29, 1.82) is 0 Å². The molecule has 0 aliphatic carbocycles. The van der Waals surface area contributed by atoms with E-state index in [4.69, 9.17) is 4.74 Å². The number of nitrogens with one attached hydrogen (secondary N) is 2. The average Bonchev–Trinajstić information content (AvgIpc) is 2.31. The van der Waals surface area contributed by atoms with Gasteiger partial charge in [0.2, 0.25) is 0 Å². The fourth-order valence-electron chi connectivity index (χ4n) is 2.91. The first-order chi connectivity index (χ1) is 9.44. The van der Waals surface area contributed by atoms with E-state index in [1.165, 1.54) is 10.5 Å². The van der Waals surface area contributed by atoms with Crippen LogP contribution in [0, 0.1) is 13.8 Å². The minimum absolute atomic E-state index is 0.0771. The highest BCUT2D eigenvalue weighted by Gasteiger charge is 2.27. The summed E-state index contributed by atoms with van der Waals surface area (Å²) in [7, 11) is 0. The molecule has 1 heterocycles. The van der Waals surface area contributed by atoms with E-state index in [1.54, 1.807) is 0 Å². The highest BCUT2D eigenvalue weighted by atomic mass is 16.5. The number of aryl methyl sites for hydroxylation is 2. The van der Waals surface area contributed by atoms with E-state index < -0.39 is 0 Å². The largest absolute Gasteiger partial charge is 0.364 e. The van der Waals surface area contributed by atoms with Crippen LogP contribution in [0.15, 0.2) is 18.2 Å². The maximum absolute atomic E-state index is 12.2. The van der Waals surface area contributed by atoms with Crippen molar-refractivity contribution in [3.8, 4) is 0 Å². The number of amides is 1. The summed E-state index contributed by atoms with van der Waals surface area (Å²) in [4.78, 5) is 13.4. The first-order valence-electron chi connectivity index (χ1n) is 7.30. The van der Waals surface area contributed by atoms with Crippen molar-refractivity contribution in [2.45, 2.75) is 39.9 Å². The molecule has 110 valence electrons. The van der Waals surface area contributed by atoms with Crippen LogP contribution >= 0.6 is 0 Å². The van der Waals surface area contributed by atoms with E-state index in [0.717, 1.165) is 24.3 Å². The molecule has 0 unspecified atom stereocenters. The number of ether oxygens (including phenoxy) is 1. The lowest BCUT2D eigenvalue weighted by Gasteiger charge is -2.31. The Kier molecular flexibility index (Phi) is 4.78. The summed E-state index contributed by atoms with van der Waals surface area (Å²) in [6.45, 7) is 10.5. The second kappa shape index (κ2) is 6.37. The van der Waals surface area contributed by atoms with Crippen molar-refractivity contribution in [2.75, 3.05) is 25.0 Å². The van der Waals surface area contributed by atoms with E-state index in [0.29, 0.717) is 6.54 Å². The second-order valence-electron chi connectivity index (χ2n) is 5.96. The molecule has 20 heavy (non-hydrogen) atoms. The fraction of sp³-hybridized carbons (Fsp3) is 0.562. The zero-order chi connectivity index (χ0) is 14.7. The van der Waals surface area contributed by atoms with Gasteiger partial charge in [0.15, 0.2) is 6.54 Å². The van der Waals surface area contributed by atoms with Crippen LogP contribution in [0.25, 0.3) is 0 Å². The van der Waals surface area contributed by atoms with Crippen LogP contribution in [-0.2, 0) is 9.53 Å². The molecule has 1 aromatic carbocycles. The van der Waals surface area contributed by atoms with Crippen LogP contribution in [0.2, 0.25) is 0 Å². The Hall–Kier alpha value is -1.39.